The van der Waals surface area contributed by atoms with Gasteiger partial charge in [0.2, 0.25) is 0 Å². The molecule has 1 spiro atoms. The maximum Gasteiger partial charge on any atom is 0.164 e. The molecule has 60 heavy (non-hydrogen) atoms. The van der Waals surface area contributed by atoms with E-state index >= 15 is 0 Å². The van der Waals surface area contributed by atoms with Crippen LogP contribution in [0.2, 0.25) is 0 Å². The Kier molecular flexibility index (Phi) is 8.75. The predicted molar refractivity (Wildman–Crippen MR) is 244 cm³/mol. The fourth-order valence-electron chi connectivity index (χ4n) is 9.82. The quantitative estimate of drug-likeness (QED) is 0.169. The van der Waals surface area contributed by atoms with E-state index in [1.807, 2.05) is 42.5 Å². The van der Waals surface area contributed by atoms with Gasteiger partial charge >= 0.3 is 0 Å². The largest absolute Gasteiger partial charge is 0.208 e. The normalized spacial score (nSPS) is 13.8. The Morgan fingerprint density at radius 2 is 0.783 bits per heavy atom. The van der Waals surface area contributed by atoms with E-state index < -0.39 is 0 Å². The molecule has 0 radical (unpaired) electrons. The van der Waals surface area contributed by atoms with E-state index in [0.717, 1.165) is 46.2 Å². The summed E-state index contributed by atoms with van der Waals surface area (Å²) < 4.78 is 0. The Labute approximate surface area is 350 Å². The van der Waals surface area contributed by atoms with Crippen LogP contribution in [0.3, 0.4) is 0 Å². The van der Waals surface area contributed by atoms with Crippen LogP contribution in [0.1, 0.15) is 48.8 Å². The lowest BCUT2D eigenvalue weighted by Gasteiger charge is -2.36. The minimum atomic E-state index is -0.0303. The van der Waals surface area contributed by atoms with Crippen LogP contribution >= 0.6 is 0 Å². The van der Waals surface area contributed by atoms with Crippen LogP contribution < -0.4 is 0 Å². The number of hydrogen-bond acceptors (Lipinski definition) is 4. The molecule has 0 saturated heterocycles. The molecule has 4 nitrogen and oxygen atoms in total. The number of nitrogens with zero attached hydrogens (tertiary/aromatic N) is 4. The van der Waals surface area contributed by atoms with Gasteiger partial charge in [0.05, 0.1) is 11.6 Å². The number of nitriles is 1. The van der Waals surface area contributed by atoms with E-state index in [0.29, 0.717) is 17.5 Å². The van der Waals surface area contributed by atoms with Crippen molar-refractivity contribution in [2.75, 3.05) is 0 Å². The molecular weight excluding hydrogens is 729 g/mol. The first-order valence-electron chi connectivity index (χ1n) is 21.0. The van der Waals surface area contributed by atoms with E-state index in [1.54, 1.807) is 0 Å². The van der Waals surface area contributed by atoms with E-state index in [2.05, 4.69) is 146 Å². The van der Waals surface area contributed by atoms with Gasteiger partial charge in [-0.15, -0.1) is 0 Å². The summed E-state index contributed by atoms with van der Waals surface area (Å²) in [5, 5.41) is 12.3. The second-order valence-corrected chi connectivity index (χ2v) is 16.2. The van der Waals surface area contributed by atoms with Crippen LogP contribution in [-0.4, -0.2) is 15.0 Å². The Hall–Kier alpha value is -7.48. The lowest BCUT2D eigenvalue weighted by molar-refractivity contribution is 0.353. The maximum absolute atomic E-state index is 9.81. The van der Waals surface area contributed by atoms with Crippen molar-refractivity contribution in [2.24, 2.45) is 0 Å². The van der Waals surface area contributed by atoms with Crippen LogP contribution in [0.4, 0.5) is 0 Å². The second-order valence-electron chi connectivity index (χ2n) is 16.2. The zero-order chi connectivity index (χ0) is 40.0. The van der Waals surface area contributed by atoms with Gasteiger partial charge in [0, 0.05) is 22.1 Å². The van der Waals surface area contributed by atoms with Crippen molar-refractivity contribution in [1.29, 1.82) is 5.26 Å². The van der Waals surface area contributed by atoms with Crippen LogP contribution in [0, 0.1) is 11.3 Å². The highest BCUT2D eigenvalue weighted by atomic mass is 15.0. The number of hydrogen-bond donors (Lipinski definition) is 0. The third-order valence-corrected chi connectivity index (χ3v) is 12.8. The summed E-state index contributed by atoms with van der Waals surface area (Å²) in [7, 11) is 0. The van der Waals surface area contributed by atoms with E-state index in [9.17, 15) is 5.26 Å². The predicted octanol–water partition coefficient (Wildman–Crippen LogP) is 14.1. The van der Waals surface area contributed by atoms with Crippen molar-refractivity contribution in [2.45, 2.75) is 37.5 Å². The lowest BCUT2D eigenvalue weighted by atomic mass is 9.67. The van der Waals surface area contributed by atoms with Gasteiger partial charge in [-0.25, -0.2) is 15.0 Å². The monoisotopic (exact) mass is 768 g/mol. The molecule has 0 amide bonds. The molecule has 1 heterocycles. The highest BCUT2D eigenvalue weighted by molar-refractivity contribution is 6.05. The molecule has 0 unspecified atom stereocenters. The molecule has 11 rings (SSSR count). The van der Waals surface area contributed by atoms with Gasteiger partial charge in [0.25, 0.3) is 0 Å². The van der Waals surface area contributed by atoms with Gasteiger partial charge in [0.1, 0.15) is 0 Å². The summed E-state index contributed by atoms with van der Waals surface area (Å²) in [5.41, 5.74) is 16.0. The van der Waals surface area contributed by atoms with Crippen molar-refractivity contribution in [3.05, 3.63) is 199 Å². The first-order valence-corrected chi connectivity index (χ1v) is 21.0. The minimum Gasteiger partial charge on any atom is -0.208 e. The molecule has 284 valence electrons. The molecular formula is C56H40N4. The van der Waals surface area contributed by atoms with Gasteiger partial charge in [-0.3, -0.25) is 0 Å². The molecule has 1 saturated carbocycles. The van der Waals surface area contributed by atoms with Gasteiger partial charge in [-0.05, 0) is 97.4 Å². The van der Waals surface area contributed by atoms with Crippen LogP contribution in [0.25, 0.3) is 89.4 Å². The Balaban J connectivity index is 0.954. The Morgan fingerprint density at radius 1 is 0.367 bits per heavy atom. The molecule has 4 heteroatoms. The Bertz CT molecular complexity index is 3100. The highest BCUT2D eigenvalue weighted by Gasteiger charge is 2.44. The number of rotatable bonds is 6. The molecule has 9 aromatic rings. The average molecular weight is 769 g/mol. The summed E-state index contributed by atoms with van der Waals surface area (Å²) in [5.74, 6) is 1.92. The molecule has 0 N–H and O–H groups in total. The van der Waals surface area contributed by atoms with Crippen molar-refractivity contribution in [3.63, 3.8) is 0 Å². The number of aromatic nitrogens is 3. The molecule has 2 aliphatic rings. The SMILES string of the molecule is N#Cc1ccc2c(c1)C1(CCCCC1)c1cc(-c3ccc(-c4ccc(-c5nc(-c6ccccc6)nc(-c6ccc(-c7ccccc7)cc6)n5)cc4)c4ccccc34)ccc1-2. The van der Waals surface area contributed by atoms with Gasteiger partial charge < -0.3 is 0 Å². The van der Waals surface area contributed by atoms with Crippen molar-refractivity contribution >= 4 is 10.8 Å². The topological polar surface area (TPSA) is 62.5 Å². The minimum absolute atomic E-state index is 0.0303. The fourth-order valence-corrected chi connectivity index (χ4v) is 9.82. The Morgan fingerprint density at radius 3 is 1.37 bits per heavy atom. The smallest absolute Gasteiger partial charge is 0.164 e. The summed E-state index contributed by atoms with van der Waals surface area (Å²) in [6, 6.07) is 66.8. The van der Waals surface area contributed by atoms with Crippen molar-refractivity contribution in [3.8, 4) is 84.7 Å². The summed E-state index contributed by atoms with van der Waals surface area (Å²) in [6.45, 7) is 0. The average Bonchev–Trinajstić information content (AvgIpc) is 3.58. The van der Waals surface area contributed by atoms with Crippen LogP contribution in [-0.2, 0) is 5.41 Å². The fraction of sp³-hybridized carbons (Fsp3) is 0.107. The molecule has 1 aromatic heterocycles. The van der Waals surface area contributed by atoms with Crippen LogP contribution in [0.5, 0.6) is 0 Å². The molecule has 0 atom stereocenters. The van der Waals surface area contributed by atoms with E-state index in [-0.39, 0.29) is 5.41 Å². The third-order valence-electron chi connectivity index (χ3n) is 12.8. The van der Waals surface area contributed by atoms with Crippen LogP contribution in [0.15, 0.2) is 182 Å². The zero-order valence-electron chi connectivity index (χ0n) is 33.1. The van der Waals surface area contributed by atoms with Crippen molar-refractivity contribution in [1.82, 2.24) is 15.0 Å². The van der Waals surface area contributed by atoms with Crippen molar-refractivity contribution < 1.29 is 0 Å². The second kappa shape index (κ2) is 14.7. The maximum atomic E-state index is 9.81. The molecule has 0 aliphatic heterocycles. The van der Waals surface area contributed by atoms with Gasteiger partial charge in [-0.1, -0.05) is 183 Å². The molecule has 8 aromatic carbocycles. The summed E-state index contributed by atoms with van der Waals surface area (Å²) >= 11 is 0. The summed E-state index contributed by atoms with van der Waals surface area (Å²) in [6.07, 6.45) is 5.95. The van der Waals surface area contributed by atoms with E-state index in [1.165, 1.54) is 74.5 Å². The molecule has 0 bridgehead atoms. The summed E-state index contributed by atoms with van der Waals surface area (Å²) in [4.78, 5) is 15.0. The number of fused-ring (bicyclic) bond motifs is 6. The number of benzene rings is 8. The van der Waals surface area contributed by atoms with Gasteiger partial charge in [0.15, 0.2) is 17.5 Å². The standard InChI is InChI=1S/C56H40N4/c57-36-37-18-28-49-50-29-27-44(35-52(50)56(51(49)34-37)32-10-3-11-33-56)46-31-30-45(47-16-8-9-17-48(46)47)40-21-25-43(26-22-40)55-59-53(41-14-6-2-7-15-41)58-54(60-55)42-23-19-39(20-24-42)38-12-4-1-5-13-38/h1-2,4-9,12-31,34-35H,3,10-11,32-33H2. The molecule has 2 aliphatic carbocycles. The first kappa shape index (κ1) is 35.7. The highest BCUT2D eigenvalue weighted by Crippen LogP contribution is 2.56. The lowest BCUT2D eigenvalue weighted by Crippen LogP contribution is -2.28. The molecule has 1 fully saturated rings. The zero-order valence-corrected chi connectivity index (χ0v) is 33.1. The van der Waals surface area contributed by atoms with Gasteiger partial charge in [-0.2, -0.15) is 5.26 Å². The third kappa shape index (κ3) is 6.10. The van der Waals surface area contributed by atoms with E-state index in [4.69, 9.17) is 15.0 Å². The first-order chi connectivity index (χ1) is 29.6.